The van der Waals surface area contributed by atoms with Gasteiger partial charge in [0.2, 0.25) is 0 Å². The molecule has 1 fully saturated rings. The molecule has 1 saturated heterocycles. The quantitative estimate of drug-likeness (QED) is 0.458. The Labute approximate surface area is 108 Å². The zero-order valence-corrected chi connectivity index (χ0v) is 11.3. The fourth-order valence-electron chi connectivity index (χ4n) is 1.20. The third-order valence-electron chi connectivity index (χ3n) is 1.87. The van der Waals surface area contributed by atoms with Gasteiger partial charge in [-0.15, -0.1) is 0 Å². The molecule has 0 aromatic carbocycles. The van der Waals surface area contributed by atoms with E-state index in [1.807, 2.05) is 58.1 Å². The molecule has 3 amide bonds. The van der Waals surface area contributed by atoms with E-state index < -0.39 is 11.9 Å². The van der Waals surface area contributed by atoms with Crippen LogP contribution in [0.1, 0.15) is 27.7 Å². The van der Waals surface area contributed by atoms with Gasteiger partial charge in [-0.3, -0.25) is 10.1 Å². The Morgan fingerprint density at radius 2 is 1.72 bits per heavy atom. The largest absolute Gasteiger partial charge is 0.326 e. The van der Waals surface area contributed by atoms with Crippen LogP contribution in [-0.4, -0.2) is 11.9 Å². The van der Waals surface area contributed by atoms with Gasteiger partial charge in [-0.2, -0.15) is 0 Å². The van der Waals surface area contributed by atoms with Crippen molar-refractivity contribution in [2.75, 3.05) is 0 Å². The molecule has 0 atom stereocenters. The first-order chi connectivity index (χ1) is 8.67. The Balaban J connectivity index is 0.00000137. The van der Waals surface area contributed by atoms with Gasteiger partial charge in [0.05, 0.1) is 0 Å². The Kier molecular flexibility index (Phi) is 7.94. The molecule has 0 bridgehead atoms. The molecule has 0 saturated carbocycles. The van der Waals surface area contributed by atoms with Crippen LogP contribution < -0.4 is 10.6 Å². The second-order valence-electron chi connectivity index (χ2n) is 3.16. The molecule has 0 aromatic rings. The lowest BCUT2D eigenvalue weighted by Crippen LogP contribution is -2.22. The van der Waals surface area contributed by atoms with Crippen molar-refractivity contribution in [3.8, 4) is 0 Å². The molecule has 0 radical (unpaired) electrons. The van der Waals surface area contributed by atoms with Crippen LogP contribution in [0.3, 0.4) is 0 Å². The van der Waals surface area contributed by atoms with Gasteiger partial charge in [0.1, 0.15) is 5.70 Å². The minimum atomic E-state index is -0.484. The molecule has 0 aliphatic carbocycles. The maximum atomic E-state index is 11.3. The first-order valence-corrected chi connectivity index (χ1v) is 5.97. The minimum absolute atomic E-state index is 0.263. The van der Waals surface area contributed by atoms with E-state index in [1.165, 1.54) is 0 Å². The van der Waals surface area contributed by atoms with E-state index in [2.05, 4.69) is 10.6 Å². The highest BCUT2D eigenvalue weighted by Gasteiger charge is 2.22. The normalized spacial score (nSPS) is 18.0. The van der Waals surface area contributed by atoms with Crippen molar-refractivity contribution < 1.29 is 9.59 Å². The number of amides is 3. The van der Waals surface area contributed by atoms with Crippen molar-refractivity contribution in [2.24, 2.45) is 0 Å². The monoisotopic (exact) mass is 248 g/mol. The van der Waals surface area contributed by atoms with Crippen molar-refractivity contribution in [3.05, 3.63) is 47.7 Å². The lowest BCUT2D eigenvalue weighted by atomic mass is 10.2. The van der Waals surface area contributed by atoms with Crippen molar-refractivity contribution in [1.29, 1.82) is 0 Å². The van der Waals surface area contributed by atoms with E-state index in [0.717, 1.165) is 5.57 Å². The van der Waals surface area contributed by atoms with Gasteiger partial charge >= 0.3 is 6.03 Å². The van der Waals surface area contributed by atoms with E-state index in [-0.39, 0.29) is 5.70 Å². The number of carbonyl (C=O) groups is 2. The van der Waals surface area contributed by atoms with E-state index in [1.54, 1.807) is 6.08 Å². The Bertz CT molecular complexity index is 416. The average Bonchev–Trinajstić information content (AvgIpc) is 2.67. The van der Waals surface area contributed by atoms with Crippen LogP contribution in [0.2, 0.25) is 0 Å². The standard InChI is InChI=1S/C12H14N2O2.C2H6/c1-3-5-7-9(6-4-2)8-10-11(15)14-12(16)13-10;1-2/h3-8H,1-2H3,(H2,13,14,15,16);1-2H3/b5-3-,6-4-,9-7+,10-8+;. The van der Waals surface area contributed by atoms with Crippen molar-refractivity contribution in [3.63, 3.8) is 0 Å². The predicted molar refractivity (Wildman–Crippen MR) is 73.8 cm³/mol. The third-order valence-corrected chi connectivity index (χ3v) is 1.87. The minimum Gasteiger partial charge on any atom is -0.303 e. The van der Waals surface area contributed by atoms with Crippen molar-refractivity contribution in [2.45, 2.75) is 27.7 Å². The highest BCUT2D eigenvalue weighted by atomic mass is 16.2. The SMILES string of the molecule is CC.C\C=C/C=C(\C=C/C)/C=C1/NC(=O)NC1=O. The molecule has 0 spiro atoms. The van der Waals surface area contributed by atoms with Gasteiger partial charge in [0, 0.05) is 0 Å². The molecule has 1 heterocycles. The highest BCUT2D eigenvalue weighted by Crippen LogP contribution is 2.06. The summed E-state index contributed by atoms with van der Waals surface area (Å²) in [6.07, 6.45) is 10.9. The lowest BCUT2D eigenvalue weighted by Gasteiger charge is -1.95. The molecule has 4 nitrogen and oxygen atoms in total. The van der Waals surface area contributed by atoms with E-state index in [0.29, 0.717) is 0 Å². The maximum absolute atomic E-state index is 11.3. The van der Waals surface area contributed by atoms with Crippen LogP contribution >= 0.6 is 0 Å². The zero-order chi connectivity index (χ0) is 14.0. The Morgan fingerprint density at radius 1 is 1.06 bits per heavy atom. The number of allylic oxidation sites excluding steroid dienone is 7. The summed E-state index contributed by atoms with van der Waals surface area (Å²) in [5.41, 5.74) is 1.10. The number of urea groups is 1. The van der Waals surface area contributed by atoms with Crippen molar-refractivity contribution in [1.82, 2.24) is 10.6 Å². The maximum Gasteiger partial charge on any atom is 0.326 e. The summed E-state index contributed by atoms with van der Waals surface area (Å²) in [7, 11) is 0. The first kappa shape index (κ1) is 15.9. The summed E-state index contributed by atoms with van der Waals surface area (Å²) < 4.78 is 0. The van der Waals surface area contributed by atoms with Gasteiger partial charge in [-0.25, -0.2) is 4.79 Å². The zero-order valence-electron chi connectivity index (χ0n) is 11.3. The molecular formula is C14H20N2O2. The topological polar surface area (TPSA) is 58.2 Å². The predicted octanol–water partition coefficient (Wildman–Crippen LogP) is 2.81. The van der Waals surface area contributed by atoms with E-state index >= 15 is 0 Å². The van der Waals surface area contributed by atoms with Gasteiger partial charge in [0.15, 0.2) is 0 Å². The molecule has 2 N–H and O–H groups in total. The van der Waals surface area contributed by atoms with Gasteiger partial charge in [-0.05, 0) is 25.5 Å². The summed E-state index contributed by atoms with van der Waals surface area (Å²) in [4.78, 5) is 22.1. The number of nitrogens with one attached hydrogen (secondary N) is 2. The van der Waals surface area contributed by atoms with Crippen LogP contribution in [0.15, 0.2) is 47.7 Å². The van der Waals surface area contributed by atoms with Crippen LogP contribution in [0.5, 0.6) is 0 Å². The smallest absolute Gasteiger partial charge is 0.303 e. The van der Waals surface area contributed by atoms with Crippen LogP contribution in [0.4, 0.5) is 4.79 Å². The highest BCUT2D eigenvalue weighted by molar-refractivity contribution is 6.11. The molecular weight excluding hydrogens is 228 g/mol. The summed E-state index contributed by atoms with van der Waals surface area (Å²) in [6, 6.07) is -0.484. The molecule has 18 heavy (non-hydrogen) atoms. The number of carbonyl (C=O) groups excluding carboxylic acids is 2. The van der Waals surface area contributed by atoms with Crippen LogP contribution in [0.25, 0.3) is 0 Å². The summed E-state index contributed by atoms with van der Waals surface area (Å²) in [5.74, 6) is -0.402. The Hall–Kier alpha value is -2.10. The molecule has 4 heteroatoms. The van der Waals surface area contributed by atoms with E-state index in [4.69, 9.17) is 0 Å². The summed E-state index contributed by atoms with van der Waals surface area (Å²) >= 11 is 0. The molecule has 1 aliphatic rings. The Morgan fingerprint density at radius 3 is 2.17 bits per heavy atom. The van der Waals surface area contributed by atoms with Crippen LogP contribution in [-0.2, 0) is 4.79 Å². The molecule has 0 aromatic heterocycles. The summed E-state index contributed by atoms with van der Waals surface area (Å²) in [6.45, 7) is 7.79. The van der Waals surface area contributed by atoms with Gasteiger partial charge in [0.25, 0.3) is 5.91 Å². The van der Waals surface area contributed by atoms with E-state index in [9.17, 15) is 9.59 Å². The first-order valence-electron chi connectivity index (χ1n) is 5.97. The average molecular weight is 248 g/mol. The molecule has 1 aliphatic heterocycles. The second-order valence-corrected chi connectivity index (χ2v) is 3.16. The summed E-state index contributed by atoms with van der Waals surface area (Å²) in [5, 5.41) is 4.58. The lowest BCUT2D eigenvalue weighted by molar-refractivity contribution is -0.115. The van der Waals surface area contributed by atoms with Gasteiger partial charge < -0.3 is 5.32 Å². The molecule has 0 unspecified atom stereocenters. The third kappa shape index (κ3) is 5.30. The van der Waals surface area contributed by atoms with Crippen molar-refractivity contribution >= 4 is 11.9 Å². The fourth-order valence-corrected chi connectivity index (χ4v) is 1.20. The number of hydrogen-bond acceptors (Lipinski definition) is 2. The number of imide groups is 1. The van der Waals surface area contributed by atoms with Crippen LogP contribution in [0, 0.1) is 0 Å². The fraction of sp³-hybridized carbons (Fsp3) is 0.286. The molecule has 1 rings (SSSR count). The second kappa shape index (κ2) is 8.98. The number of rotatable bonds is 3. The molecule has 98 valence electrons. The van der Waals surface area contributed by atoms with Gasteiger partial charge in [-0.1, -0.05) is 44.2 Å². The number of hydrogen-bond donors (Lipinski definition) is 2.